The van der Waals surface area contributed by atoms with Gasteiger partial charge in [0.2, 0.25) is 0 Å². The molecule has 4 nitrogen and oxygen atoms in total. The molecule has 1 fully saturated rings. The minimum atomic E-state index is 0.315. The summed E-state index contributed by atoms with van der Waals surface area (Å²) in [7, 11) is 0. The standard InChI is InChI=1S/C17H22N2O2/c1-11(2)15-7-4-12(3)8-16(15)21-17-19-14(10-20-17)9-18-13-5-6-13/h4,7-8,10-11,13,18H,5-6,9H2,1-3H3. The maximum absolute atomic E-state index is 5.85. The normalized spacial score (nSPS) is 14.7. The molecule has 0 aliphatic heterocycles. The molecule has 4 heteroatoms. The van der Waals surface area contributed by atoms with Crippen LogP contribution in [-0.2, 0) is 6.54 Å². The lowest BCUT2D eigenvalue weighted by Crippen LogP contribution is -2.15. The fourth-order valence-electron chi connectivity index (χ4n) is 2.25. The summed E-state index contributed by atoms with van der Waals surface area (Å²) >= 11 is 0. The Morgan fingerprint density at radius 2 is 2.19 bits per heavy atom. The van der Waals surface area contributed by atoms with Crippen LogP contribution < -0.4 is 10.1 Å². The van der Waals surface area contributed by atoms with Crippen molar-refractivity contribution >= 4 is 0 Å². The molecule has 21 heavy (non-hydrogen) atoms. The van der Waals surface area contributed by atoms with Crippen molar-refractivity contribution in [2.45, 2.75) is 52.1 Å². The third-order valence-corrected chi connectivity index (χ3v) is 3.67. The number of hydrogen-bond donors (Lipinski definition) is 1. The summed E-state index contributed by atoms with van der Waals surface area (Å²) in [6.45, 7) is 7.09. The summed E-state index contributed by atoms with van der Waals surface area (Å²) in [4.78, 5) is 4.38. The molecule has 1 aliphatic rings. The van der Waals surface area contributed by atoms with E-state index in [-0.39, 0.29) is 0 Å². The fraction of sp³-hybridized carbons (Fsp3) is 0.471. The van der Waals surface area contributed by atoms with Gasteiger partial charge in [-0.15, -0.1) is 0 Å². The molecule has 112 valence electrons. The van der Waals surface area contributed by atoms with Crippen molar-refractivity contribution in [1.82, 2.24) is 10.3 Å². The van der Waals surface area contributed by atoms with Gasteiger partial charge in [0.1, 0.15) is 12.0 Å². The van der Waals surface area contributed by atoms with Gasteiger partial charge in [-0.25, -0.2) is 0 Å². The molecule has 0 radical (unpaired) electrons. The lowest BCUT2D eigenvalue weighted by Gasteiger charge is -2.12. The molecule has 1 aromatic carbocycles. The highest BCUT2D eigenvalue weighted by molar-refractivity contribution is 5.40. The first-order valence-corrected chi connectivity index (χ1v) is 7.58. The second kappa shape index (κ2) is 5.90. The number of hydrogen-bond acceptors (Lipinski definition) is 4. The summed E-state index contributed by atoms with van der Waals surface area (Å²) in [5.74, 6) is 1.22. The van der Waals surface area contributed by atoms with Crippen molar-refractivity contribution < 1.29 is 9.15 Å². The number of aryl methyl sites for hydroxylation is 1. The van der Waals surface area contributed by atoms with Gasteiger partial charge in [0.15, 0.2) is 0 Å². The summed E-state index contributed by atoms with van der Waals surface area (Å²) in [6.07, 6.45) is 4.51. The largest absolute Gasteiger partial charge is 0.417 e. The third kappa shape index (κ3) is 3.64. The molecule has 0 saturated heterocycles. The van der Waals surface area contributed by atoms with Crippen LogP contribution in [-0.4, -0.2) is 11.0 Å². The van der Waals surface area contributed by atoms with Crippen LogP contribution in [0.1, 0.15) is 49.4 Å². The Kier molecular flexibility index (Phi) is 3.97. The van der Waals surface area contributed by atoms with Crippen LogP contribution in [0.5, 0.6) is 11.8 Å². The molecule has 1 heterocycles. The minimum Gasteiger partial charge on any atom is -0.417 e. The topological polar surface area (TPSA) is 47.3 Å². The second-order valence-corrected chi connectivity index (χ2v) is 6.06. The summed E-state index contributed by atoms with van der Waals surface area (Å²) in [6, 6.07) is 6.90. The smallest absolute Gasteiger partial charge is 0.399 e. The lowest BCUT2D eigenvalue weighted by atomic mass is 10.0. The van der Waals surface area contributed by atoms with Crippen LogP contribution >= 0.6 is 0 Å². The van der Waals surface area contributed by atoms with Crippen molar-refractivity contribution in [3.05, 3.63) is 41.3 Å². The summed E-state index contributed by atoms with van der Waals surface area (Å²) in [5.41, 5.74) is 3.21. The van der Waals surface area contributed by atoms with E-state index >= 15 is 0 Å². The van der Waals surface area contributed by atoms with E-state index in [1.54, 1.807) is 6.26 Å². The predicted octanol–water partition coefficient (Wildman–Crippen LogP) is 4.15. The van der Waals surface area contributed by atoms with E-state index < -0.39 is 0 Å². The molecular weight excluding hydrogens is 264 g/mol. The van der Waals surface area contributed by atoms with Gasteiger partial charge < -0.3 is 14.5 Å². The first-order valence-electron chi connectivity index (χ1n) is 7.58. The molecule has 0 spiro atoms. The molecule has 1 aromatic heterocycles. The van der Waals surface area contributed by atoms with Crippen LogP contribution in [0.2, 0.25) is 0 Å². The van der Waals surface area contributed by atoms with E-state index in [2.05, 4.69) is 43.2 Å². The first kappa shape index (κ1) is 14.1. The Morgan fingerprint density at radius 3 is 2.90 bits per heavy atom. The van der Waals surface area contributed by atoms with Crippen molar-refractivity contribution in [3.63, 3.8) is 0 Å². The molecule has 1 aliphatic carbocycles. The average molecular weight is 286 g/mol. The Hall–Kier alpha value is -1.81. The van der Waals surface area contributed by atoms with Crippen molar-refractivity contribution in [3.8, 4) is 11.8 Å². The number of rotatable bonds is 6. The third-order valence-electron chi connectivity index (χ3n) is 3.67. The van der Waals surface area contributed by atoms with E-state index in [1.165, 1.54) is 12.8 Å². The van der Waals surface area contributed by atoms with Crippen molar-refractivity contribution in [2.24, 2.45) is 0 Å². The summed E-state index contributed by atoms with van der Waals surface area (Å²) in [5, 5.41) is 3.41. The van der Waals surface area contributed by atoms with Gasteiger partial charge >= 0.3 is 6.08 Å². The SMILES string of the molecule is Cc1ccc(C(C)C)c(Oc2nc(CNC3CC3)co2)c1. The zero-order valence-corrected chi connectivity index (χ0v) is 12.8. The van der Waals surface area contributed by atoms with Gasteiger partial charge in [0, 0.05) is 12.6 Å². The highest BCUT2D eigenvalue weighted by atomic mass is 16.6. The van der Waals surface area contributed by atoms with Crippen LogP contribution in [0.25, 0.3) is 0 Å². The average Bonchev–Trinajstić information content (AvgIpc) is 3.16. The maximum atomic E-state index is 5.85. The number of nitrogens with one attached hydrogen (secondary N) is 1. The van der Waals surface area contributed by atoms with E-state index in [4.69, 9.17) is 9.15 Å². The maximum Gasteiger partial charge on any atom is 0.399 e. The van der Waals surface area contributed by atoms with E-state index in [9.17, 15) is 0 Å². The minimum absolute atomic E-state index is 0.315. The second-order valence-electron chi connectivity index (χ2n) is 6.06. The molecule has 0 bridgehead atoms. The Bertz CT molecular complexity index is 615. The number of aromatic nitrogens is 1. The fourth-order valence-corrected chi connectivity index (χ4v) is 2.25. The Labute approximate surface area is 125 Å². The number of benzene rings is 1. The van der Waals surface area contributed by atoms with Crippen LogP contribution in [0.3, 0.4) is 0 Å². The van der Waals surface area contributed by atoms with Crippen LogP contribution in [0, 0.1) is 6.92 Å². The van der Waals surface area contributed by atoms with Gasteiger partial charge in [-0.1, -0.05) is 26.0 Å². The quantitative estimate of drug-likeness (QED) is 0.866. The molecular formula is C17H22N2O2. The van der Waals surface area contributed by atoms with E-state index in [1.807, 2.05) is 6.07 Å². The monoisotopic (exact) mass is 286 g/mol. The van der Waals surface area contributed by atoms with E-state index in [0.717, 1.165) is 29.1 Å². The zero-order chi connectivity index (χ0) is 14.8. The van der Waals surface area contributed by atoms with Crippen LogP contribution in [0.15, 0.2) is 28.9 Å². The predicted molar refractivity (Wildman–Crippen MR) is 81.7 cm³/mol. The van der Waals surface area contributed by atoms with Gasteiger partial charge in [0.25, 0.3) is 0 Å². The number of ether oxygens (including phenoxy) is 1. The zero-order valence-electron chi connectivity index (χ0n) is 12.8. The highest BCUT2D eigenvalue weighted by Crippen LogP contribution is 2.31. The molecule has 1 N–H and O–H groups in total. The first-order chi connectivity index (χ1) is 10.1. The van der Waals surface area contributed by atoms with Crippen LogP contribution in [0.4, 0.5) is 0 Å². The lowest BCUT2D eigenvalue weighted by molar-refractivity contribution is 0.327. The highest BCUT2D eigenvalue weighted by Gasteiger charge is 2.21. The molecule has 1 saturated carbocycles. The molecule has 0 amide bonds. The van der Waals surface area contributed by atoms with E-state index in [0.29, 0.717) is 18.0 Å². The van der Waals surface area contributed by atoms with Gasteiger partial charge in [-0.05, 0) is 42.9 Å². The van der Waals surface area contributed by atoms with Gasteiger partial charge in [-0.3, -0.25) is 0 Å². The molecule has 0 atom stereocenters. The van der Waals surface area contributed by atoms with Crippen molar-refractivity contribution in [2.75, 3.05) is 0 Å². The molecule has 3 rings (SSSR count). The summed E-state index contributed by atoms with van der Waals surface area (Å²) < 4.78 is 11.3. The van der Waals surface area contributed by atoms with Gasteiger partial charge in [-0.2, -0.15) is 4.98 Å². The number of oxazole rings is 1. The Balaban J connectivity index is 1.71. The molecule has 0 unspecified atom stereocenters. The van der Waals surface area contributed by atoms with Gasteiger partial charge in [0.05, 0.1) is 5.69 Å². The number of nitrogens with zero attached hydrogens (tertiary/aromatic N) is 1. The van der Waals surface area contributed by atoms with Crippen molar-refractivity contribution in [1.29, 1.82) is 0 Å². The molecule has 2 aromatic rings. The Morgan fingerprint density at radius 1 is 1.38 bits per heavy atom.